The number of hydrogen-bond donors (Lipinski definition) is 2. The summed E-state index contributed by atoms with van der Waals surface area (Å²) in [6.07, 6.45) is -2.68. The Labute approximate surface area is 208 Å². The van der Waals surface area contributed by atoms with Crippen LogP contribution in [0, 0.1) is 0 Å². The molecule has 0 bridgehead atoms. The smallest absolute Gasteiger partial charge is 0.338 e. The van der Waals surface area contributed by atoms with Crippen molar-refractivity contribution in [2.24, 2.45) is 0 Å². The number of hydrogen-bond acceptors (Lipinski definition) is 8. The largest absolute Gasteiger partial charge is 0.478 e. The van der Waals surface area contributed by atoms with Crippen LogP contribution in [-0.2, 0) is 23.8 Å². The minimum atomic E-state index is -1.45. The van der Waals surface area contributed by atoms with Crippen LogP contribution in [0.4, 0.5) is 0 Å². The number of rotatable bonds is 12. The Hall–Kier alpha value is -4.24. The van der Waals surface area contributed by atoms with E-state index in [2.05, 4.69) is 13.2 Å². The van der Waals surface area contributed by atoms with Crippen molar-refractivity contribution in [2.75, 3.05) is 13.2 Å². The third kappa shape index (κ3) is 7.64. The van der Waals surface area contributed by atoms with E-state index in [4.69, 9.17) is 14.2 Å². The molecule has 0 radical (unpaired) electrons. The molecule has 2 aromatic carbocycles. The van der Waals surface area contributed by atoms with Gasteiger partial charge in [0.1, 0.15) is 18.8 Å². The SMILES string of the molecule is C=C(C)C(=O)OCCC(OC(=O)C(=C)C)C(O)COC(=O)c1ccccc1-c1ccccc1C(=O)O. The van der Waals surface area contributed by atoms with Crippen LogP contribution in [0.2, 0.25) is 0 Å². The van der Waals surface area contributed by atoms with E-state index in [0.29, 0.717) is 11.1 Å². The van der Waals surface area contributed by atoms with Crippen LogP contribution < -0.4 is 0 Å². The van der Waals surface area contributed by atoms with Gasteiger partial charge in [-0.2, -0.15) is 0 Å². The number of carboxylic acids is 1. The van der Waals surface area contributed by atoms with Crippen molar-refractivity contribution in [2.45, 2.75) is 32.5 Å². The monoisotopic (exact) mass is 496 g/mol. The number of carbonyl (C=O) groups excluding carboxylic acids is 3. The van der Waals surface area contributed by atoms with Gasteiger partial charge in [-0.1, -0.05) is 49.6 Å². The summed E-state index contributed by atoms with van der Waals surface area (Å²) in [7, 11) is 0. The maximum absolute atomic E-state index is 12.9. The topological polar surface area (TPSA) is 136 Å². The van der Waals surface area contributed by atoms with Crippen molar-refractivity contribution in [1.29, 1.82) is 0 Å². The molecule has 2 atom stereocenters. The zero-order valence-corrected chi connectivity index (χ0v) is 20.1. The summed E-state index contributed by atoms with van der Waals surface area (Å²) in [5.74, 6) is -3.38. The number of ether oxygens (including phenoxy) is 3. The lowest BCUT2D eigenvalue weighted by atomic mass is 9.95. The molecule has 0 heterocycles. The molecule has 0 aliphatic rings. The fraction of sp³-hybridized carbons (Fsp3) is 0.259. The van der Waals surface area contributed by atoms with E-state index in [-0.39, 0.29) is 35.3 Å². The van der Waals surface area contributed by atoms with E-state index >= 15 is 0 Å². The highest BCUT2D eigenvalue weighted by molar-refractivity contribution is 6.02. The number of carbonyl (C=O) groups is 4. The Bertz CT molecular complexity index is 1170. The zero-order valence-electron chi connectivity index (χ0n) is 20.1. The Kier molecular flexibility index (Phi) is 10.1. The van der Waals surface area contributed by atoms with Crippen LogP contribution in [0.1, 0.15) is 41.0 Å². The van der Waals surface area contributed by atoms with Gasteiger partial charge >= 0.3 is 23.9 Å². The third-order valence-electron chi connectivity index (χ3n) is 5.00. The Balaban J connectivity index is 2.16. The first-order valence-electron chi connectivity index (χ1n) is 11.0. The van der Waals surface area contributed by atoms with Crippen LogP contribution in [0.3, 0.4) is 0 Å². The molecule has 0 amide bonds. The van der Waals surface area contributed by atoms with Crippen LogP contribution in [-0.4, -0.2) is 59.5 Å². The van der Waals surface area contributed by atoms with Crippen molar-refractivity contribution in [3.05, 3.63) is 84.0 Å². The van der Waals surface area contributed by atoms with Gasteiger partial charge in [0.05, 0.1) is 17.7 Å². The van der Waals surface area contributed by atoms with Gasteiger partial charge in [-0.3, -0.25) is 0 Å². The number of aliphatic hydroxyl groups is 1. The fourth-order valence-corrected chi connectivity index (χ4v) is 3.11. The molecule has 9 nitrogen and oxygen atoms in total. The zero-order chi connectivity index (χ0) is 26.8. The summed E-state index contributed by atoms with van der Waals surface area (Å²) in [6, 6.07) is 12.5. The van der Waals surface area contributed by atoms with Crippen LogP contribution in [0.5, 0.6) is 0 Å². The summed E-state index contributed by atoms with van der Waals surface area (Å²) in [6.45, 7) is 9.14. The molecule has 9 heteroatoms. The van der Waals surface area contributed by atoms with Crippen LogP contribution in [0.25, 0.3) is 11.1 Å². The molecule has 2 unspecified atom stereocenters. The second-order valence-electron chi connectivity index (χ2n) is 7.99. The Morgan fingerprint density at radius 1 is 0.833 bits per heavy atom. The molecule has 0 aromatic heterocycles. The maximum atomic E-state index is 12.9. The molecular weight excluding hydrogens is 468 g/mol. The minimum Gasteiger partial charge on any atom is -0.478 e. The number of esters is 3. The average molecular weight is 497 g/mol. The van der Waals surface area contributed by atoms with Crippen molar-refractivity contribution in [1.82, 2.24) is 0 Å². The van der Waals surface area contributed by atoms with Gasteiger partial charge in [0.25, 0.3) is 0 Å². The molecule has 0 spiro atoms. The van der Waals surface area contributed by atoms with Crippen molar-refractivity contribution in [3.63, 3.8) is 0 Å². The average Bonchev–Trinajstić information content (AvgIpc) is 2.85. The van der Waals surface area contributed by atoms with Crippen LogP contribution in [0.15, 0.2) is 72.8 Å². The molecule has 0 saturated carbocycles. The lowest BCUT2D eigenvalue weighted by Crippen LogP contribution is -2.37. The maximum Gasteiger partial charge on any atom is 0.338 e. The second-order valence-corrected chi connectivity index (χ2v) is 7.99. The molecule has 2 N–H and O–H groups in total. The summed E-state index contributed by atoms with van der Waals surface area (Å²) < 4.78 is 15.5. The first-order chi connectivity index (χ1) is 17.0. The normalized spacial score (nSPS) is 12.1. The number of aliphatic hydroxyl groups excluding tert-OH is 1. The Morgan fingerprint density at radius 2 is 1.36 bits per heavy atom. The highest BCUT2D eigenvalue weighted by Crippen LogP contribution is 2.28. The molecule has 2 rings (SSSR count). The van der Waals surface area contributed by atoms with Crippen LogP contribution >= 0.6 is 0 Å². The molecule has 190 valence electrons. The minimum absolute atomic E-state index is 0.00821. The molecule has 0 aliphatic heterocycles. The highest BCUT2D eigenvalue weighted by atomic mass is 16.6. The van der Waals surface area contributed by atoms with E-state index in [1.807, 2.05) is 0 Å². The van der Waals surface area contributed by atoms with Gasteiger partial charge in [0.15, 0.2) is 0 Å². The van der Waals surface area contributed by atoms with E-state index < -0.39 is 42.7 Å². The van der Waals surface area contributed by atoms with Gasteiger partial charge in [-0.05, 0) is 37.1 Å². The Morgan fingerprint density at radius 3 is 1.92 bits per heavy atom. The molecule has 0 aliphatic carbocycles. The summed E-state index contributed by atoms with van der Waals surface area (Å²) >= 11 is 0. The predicted molar refractivity (Wildman–Crippen MR) is 130 cm³/mol. The van der Waals surface area contributed by atoms with E-state index in [0.717, 1.165) is 0 Å². The van der Waals surface area contributed by atoms with Gasteiger partial charge in [0, 0.05) is 17.6 Å². The fourth-order valence-electron chi connectivity index (χ4n) is 3.11. The molecule has 0 saturated heterocycles. The van der Waals surface area contributed by atoms with Gasteiger partial charge in [0.2, 0.25) is 0 Å². The lowest BCUT2D eigenvalue weighted by Gasteiger charge is -2.23. The summed E-state index contributed by atoms with van der Waals surface area (Å²) in [5, 5.41) is 20.1. The van der Waals surface area contributed by atoms with Crippen molar-refractivity contribution in [3.8, 4) is 11.1 Å². The standard InChI is InChI=1S/C27H28O9/c1-16(2)25(31)34-14-13-23(36-26(32)17(3)4)22(28)15-35-27(33)21-12-8-6-10-19(21)18-9-5-7-11-20(18)24(29)30/h5-12,22-23,28H,1,3,13-15H2,2,4H3,(H,29,30). The van der Waals surface area contributed by atoms with Gasteiger partial charge in [-0.25, -0.2) is 19.2 Å². The van der Waals surface area contributed by atoms with E-state index in [9.17, 15) is 29.4 Å². The number of benzene rings is 2. The first kappa shape index (κ1) is 28.0. The number of aromatic carboxylic acids is 1. The predicted octanol–water partition coefficient (Wildman–Crippen LogP) is 3.57. The molecule has 36 heavy (non-hydrogen) atoms. The van der Waals surface area contributed by atoms with E-state index in [1.165, 1.54) is 26.0 Å². The highest BCUT2D eigenvalue weighted by Gasteiger charge is 2.27. The van der Waals surface area contributed by atoms with Crippen molar-refractivity contribution >= 4 is 23.9 Å². The number of carboxylic acid groups (broad SMARTS) is 1. The summed E-state index contributed by atoms with van der Waals surface area (Å²) in [4.78, 5) is 48.1. The van der Waals surface area contributed by atoms with Gasteiger partial charge in [-0.15, -0.1) is 0 Å². The quantitative estimate of drug-likeness (QED) is 0.257. The van der Waals surface area contributed by atoms with E-state index in [1.54, 1.807) is 36.4 Å². The summed E-state index contributed by atoms with van der Waals surface area (Å²) in [5.41, 5.74) is 1.04. The second kappa shape index (κ2) is 13.0. The van der Waals surface area contributed by atoms with Gasteiger partial charge < -0.3 is 24.4 Å². The lowest BCUT2D eigenvalue weighted by molar-refractivity contribution is -0.154. The molecule has 2 aromatic rings. The molecular formula is C27H28O9. The molecule has 0 fully saturated rings. The third-order valence-corrected chi connectivity index (χ3v) is 5.00. The first-order valence-corrected chi connectivity index (χ1v) is 11.0. The van der Waals surface area contributed by atoms with Crippen molar-refractivity contribution < 1.29 is 43.6 Å².